The molecule has 116 valence electrons. The van der Waals surface area contributed by atoms with Crippen LogP contribution in [0.3, 0.4) is 0 Å². The highest BCUT2D eigenvalue weighted by Gasteiger charge is 2.25. The maximum atomic E-state index is 6.00. The van der Waals surface area contributed by atoms with E-state index in [1.807, 2.05) is 36.4 Å². The van der Waals surface area contributed by atoms with Crippen LogP contribution < -0.4 is 14.2 Å². The van der Waals surface area contributed by atoms with Crippen molar-refractivity contribution in [2.45, 2.75) is 12.5 Å². The van der Waals surface area contributed by atoms with Crippen molar-refractivity contribution >= 4 is 0 Å². The number of hydrogen-bond acceptors (Lipinski definition) is 4. The molecule has 0 radical (unpaired) electrons. The maximum absolute atomic E-state index is 6.00. The molecular formula is C18H20O4. The summed E-state index contributed by atoms with van der Waals surface area (Å²) in [5, 5.41) is 0. The molecule has 0 aliphatic carbocycles. The van der Waals surface area contributed by atoms with Crippen molar-refractivity contribution in [3.05, 3.63) is 53.1 Å². The van der Waals surface area contributed by atoms with Crippen molar-refractivity contribution in [3.63, 3.8) is 0 Å². The van der Waals surface area contributed by atoms with Gasteiger partial charge in [-0.05, 0) is 47.4 Å². The largest absolute Gasteiger partial charge is 0.497 e. The minimum atomic E-state index is -0.0885. The van der Waals surface area contributed by atoms with E-state index in [0.29, 0.717) is 6.61 Å². The molecule has 1 atom stereocenters. The Morgan fingerprint density at radius 3 is 2.23 bits per heavy atom. The molecule has 0 aromatic heterocycles. The molecule has 4 heteroatoms. The van der Waals surface area contributed by atoms with Crippen LogP contribution in [-0.2, 0) is 11.2 Å². The van der Waals surface area contributed by atoms with Gasteiger partial charge in [0.05, 0.1) is 27.9 Å². The standard InChI is InChI=1S/C18H20O4/c1-19-14-6-4-12(5-7-14)18-15-11-17(21-3)16(20-2)10-13(15)8-9-22-18/h4-7,10-11,18H,8-9H2,1-3H3. The average molecular weight is 300 g/mol. The minimum Gasteiger partial charge on any atom is -0.497 e. The third kappa shape index (κ3) is 2.62. The maximum Gasteiger partial charge on any atom is 0.161 e. The fraction of sp³-hybridized carbons (Fsp3) is 0.333. The van der Waals surface area contributed by atoms with Gasteiger partial charge in [-0.1, -0.05) is 12.1 Å². The van der Waals surface area contributed by atoms with Crippen LogP contribution in [0.25, 0.3) is 0 Å². The summed E-state index contributed by atoms with van der Waals surface area (Å²) in [7, 11) is 4.97. The molecule has 22 heavy (non-hydrogen) atoms. The molecule has 3 rings (SSSR count). The van der Waals surface area contributed by atoms with E-state index in [9.17, 15) is 0 Å². The molecule has 0 saturated carbocycles. The number of hydrogen-bond donors (Lipinski definition) is 0. The molecule has 0 amide bonds. The van der Waals surface area contributed by atoms with Gasteiger partial charge >= 0.3 is 0 Å². The molecule has 2 aromatic carbocycles. The highest BCUT2D eigenvalue weighted by atomic mass is 16.5. The van der Waals surface area contributed by atoms with Crippen LogP contribution in [0, 0.1) is 0 Å². The minimum absolute atomic E-state index is 0.0885. The predicted molar refractivity (Wildman–Crippen MR) is 84.0 cm³/mol. The van der Waals surface area contributed by atoms with Gasteiger partial charge in [0.2, 0.25) is 0 Å². The first kappa shape index (κ1) is 14.7. The van der Waals surface area contributed by atoms with E-state index in [1.165, 1.54) is 5.56 Å². The van der Waals surface area contributed by atoms with E-state index >= 15 is 0 Å². The van der Waals surface area contributed by atoms with Gasteiger partial charge in [0.25, 0.3) is 0 Å². The van der Waals surface area contributed by atoms with E-state index in [2.05, 4.69) is 0 Å². The Hall–Kier alpha value is -2.20. The molecule has 1 aliphatic rings. The van der Waals surface area contributed by atoms with Gasteiger partial charge in [0, 0.05) is 0 Å². The van der Waals surface area contributed by atoms with Crippen LogP contribution >= 0.6 is 0 Å². The zero-order valence-electron chi connectivity index (χ0n) is 13.1. The lowest BCUT2D eigenvalue weighted by Crippen LogP contribution is -2.17. The normalized spacial score (nSPS) is 16.8. The number of benzene rings is 2. The number of rotatable bonds is 4. The lowest BCUT2D eigenvalue weighted by atomic mass is 9.92. The summed E-state index contributed by atoms with van der Waals surface area (Å²) < 4.78 is 22.0. The average Bonchev–Trinajstić information content (AvgIpc) is 2.60. The summed E-state index contributed by atoms with van der Waals surface area (Å²) in [4.78, 5) is 0. The summed E-state index contributed by atoms with van der Waals surface area (Å²) in [6.45, 7) is 0.694. The van der Waals surface area contributed by atoms with Gasteiger partial charge < -0.3 is 18.9 Å². The van der Waals surface area contributed by atoms with Gasteiger partial charge in [0.15, 0.2) is 11.5 Å². The highest BCUT2D eigenvalue weighted by molar-refractivity contribution is 5.51. The first-order chi connectivity index (χ1) is 10.8. The first-order valence-electron chi connectivity index (χ1n) is 7.27. The van der Waals surface area contributed by atoms with Crippen LogP contribution in [0.5, 0.6) is 17.2 Å². The molecule has 1 aliphatic heterocycles. The second-order valence-electron chi connectivity index (χ2n) is 5.18. The Kier molecular flexibility index (Phi) is 4.20. The van der Waals surface area contributed by atoms with Crippen LogP contribution in [-0.4, -0.2) is 27.9 Å². The van der Waals surface area contributed by atoms with Gasteiger partial charge in [0.1, 0.15) is 11.9 Å². The van der Waals surface area contributed by atoms with Crippen molar-refractivity contribution in [1.29, 1.82) is 0 Å². The Morgan fingerprint density at radius 2 is 1.59 bits per heavy atom. The smallest absolute Gasteiger partial charge is 0.161 e. The third-order valence-corrected chi connectivity index (χ3v) is 4.00. The lowest BCUT2D eigenvalue weighted by Gasteiger charge is -2.27. The van der Waals surface area contributed by atoms with Crippen molar-refractivity contribution in [2.75, 3.05) is 27.9 Å². The number of ether oxygens (including phenoxy) is 4. The highest BCUT2D eigenvalue weighted by Crippen LogP contribution is 2.39. The van der Waals surface area contributed by atoms with Crippen molar-refractivity contribution in [1.82, 2.24) is 0 Å². The van der Waals surface area contributed by atoms with Crippen molar-refractivity contribution < 1.29 is 18.9 Å². The molecule has 2 aromatic rings. The molecule has 4 nitrogen and oxygen atoms in total. The summed E-state index contributed by atoms with van der Waals surface area (Å²) in [6, 6.07) is 12.0. The van der Waals surface area contributed by atoms with Crippen molar-refractivity contribution in [2.24, 2.45) is 0 Å². The number of fused-ring (bicyclic) bond motifs is 1. The van der Waals surface area contributed by atoms with Gasteiger partial charge in [-0.25, -0.2) is 0 Å². The molecule has 0 saturated heterocycles. The molecule has 0 bridgehead atoms. The molecule has 1 heterocycles. The van der Waals surface area contributed by atoms with E-state index in [-0.39, 0.29) is 6.10 Å². The first-order valence-corrected chi connectivity index (χ1v) is 7.27. The van der Waals surface area contributed by atoms with Crippen LogP contribution in [0.4, 0.5) is 0 Å². The molecule has 0 N–H and O–H groups in total. The molecule has 0 fully saturated rings. The van der Waals surface area contributed by atoms with Gasteiger partial charge in [-0.15, -0.1) is 0 Å². The fourth-order valence-corrected chi connectivity index (χ4v) is 2.83. The Bertz CT molecular complexity index is 649. The van der Waals surface area contributed by atoms with Crippen LogP contribution in [0.15, 0.2) is 36.4 Å². The quantitative estimate of drug-likeness (QED) is 0.867. The van der Waals surface area contributed by atoms with E-state index in [4.69, 9.17) is 18.9 Å². The third-order valence-electron chi connectivity index (χ3n) is 4.00. The van der Waals surface area contributed by atoms with Gasteiger partial charge in [-0.2, -0.15) is 0 Å². The number of methoxy groups -OCH3 is 3. The fourth-order valence-electron chi connectivity index (χ4n) is 2.83. The SMILES string of the molecule is COc1ccc(C2OCCc3cc(OC)c(OC)cc32)cc1. The van der Waals surface area contributed by atoms with E-state index in [1.54, 1.807) is 21.3 Å². The summed E-state index contributed by atoms with van der Waals surface area (Å²) in [5.74, 6) is 2.33. The van der Waals surface area contributed by atoms with Crippen LogP contribution in [0.1, 0.15) is 22.8 Å². The second kappa shape index (κ2) is 6.28. The van der Waals surface area contributed by atoms with Crippen molar-refractivity contribution in [3.8, 4) is 17.2 Å². The molecule has 1 unspecified atom stereocenters. The molecule has 0 spiro atoms. The Morgan fingerprint density at radius 1 is 0.909 bits per heavy atom. The summed E-state index contributed by atoms with van der Waals surface area (Å²) >= 11 is 0. The zero-order chi connectivity index (χ0) is 15.5. The van der Waals surface area contributed by atoms with E-state index < -0.39 is 0 Å². The van der Waals surface area contributed by atoms with E-state index in [0.717, 1.165) is 34.8 Å². The molecular weight excluding hydrogens is 280 g/mol. The monoisotopic (exact) mass is 300 g/mol. The van der Waals surface area contributed by atoms with Crippen LogP contribution in [0.2, 0.25) is 0 Å². The Labute approximate surface area is 130 Å². The summed E-state index contributed by atoms with van der Waals surface area (Å²) in [5.41, 5.74) is 3.48. The summed E-state index contributed by atoms with van der Waals surface area (Å²) in [6.07, 6.45) is 0.789. The van der Waals surface area contributed by atoms with Gasteiger partial charge in [-0.3, -0.25) is 0 Å². The topological polar surface area (TPSA) is 36.9 Å². The Balaban J connectivity index is 2.02. The lowest BCUT2D eigenvalue weighted by molar-refractivity contribution is 0.0694. The predicted octanol–water partition coefficient (Wildman–Crippen LogP) is 3.37. The second-order valence-corrected chi connectivity index (χ2v) is 5.18. The zero-order valence-corrected chi connectivity index (χ0v) is 13.1.